The first kappa shape index (κ1) is 13.9. The smallest absolute Gasteiger partial charge is 0.303 e. The number of carboxylic acid groups (broad SMARTS) is 1. The van der Waals surface area contributed by atoms with E-state index in [1.165, 1.54) is 0 Å². The molecule has 0 aromatic rings. The second-order valence-corrected chi connectivity index (χ2v) is 3.52. The van der Waals surface area contributed by atoms with E-state index in [-0.39, 0.29) is 18.4 Å². The van der Waals surface area contributed by atoms with Gasteiger partial charge in [-0.1, -0.05) is 0 Å². The fourth-order valence-electron chi connectivity index (χ4n) is 1.20. The molecule has 0 aliphatic carbocycles. The summed E-state index contributed by atoms with van der Waals surface area (Å²) in [6, 6.07) is 0.00183. The molecule has 0 saturated heterocycles. The van der Waals surface area contributed by atoms with Crippen LogP contribution in [-0.4, -0.2) is 36.7 Å². The maximum absolute atomic E-state index is 11.3. The number of unbranched alkanes of at least 4 members (excludes halogenated alkanes) is 1. The first-order chi connectivity index (χ1) is 7.06. The fraction of sp³-hybridized carbons (Fsp3) is 0.800. The Morgan fingerprint density at radius 1 is 1.33 bits per heavy atom. The monoisotopic (exact) mass is 217 g/mol. The molecular weight excluding hydrogens is 198 g/mol. The van der Waals surface area contributed by atoms with Gasteiger partial charge < -0.3 is 15.2 Å². The summed E-state index contributed by atoms with van der Waals surface area (Å²) in [4.78, 5) is 21.4. The highest BCUT2D eigenvalue weighted by Crippen LogP contribution is 2.00. The third-order valence-corrected chi connectivity index (χ3v) is 1.87. The first-order valence-electron chi connectivity index (χ1n) is 5.06. The summed E-state index contributed by atoms with van der Waals surface area (Å²) >= 11 is 0. The van der Waals surface area contributed by atoms with Crippen LogP contribution in [-0.2, 0) is 14.3 Å². The Kier molecular flexibility index (Phi) is 7.62. The number of carbonyl (C=O) groups excluding carboxylic acids is 1. The molecule has 0 spiro atoms. The molecule has 0 fully saturated rings. The van der Waals surface area contributed by atoms with Crippen LogP contribution in [0.15, 0.2) is 0 Å². The summed E-state index contributed by atoms with van der Waals surface area (Å²) in [5.74, 6) is -0.868. The maximum atomic E-state index is 11.3. The topological polar surface area (TPSA) is 75.6 Å². The van der Waals surface area contributed by atoms with Crippen LogP contribution in [0.2, 0.25) is 0 Å². The quantitative estimate of drug-likeness (QED) is 0.589. The SMILES string of the molecule is COC[C@@H](C)NC(=O)CCCCC(=O)O. The van der Waals surface area contributed by atoms with Gasteiger partial charge in [0.1, 0.15) is 0 Å². The van der Waals surface area contributed by atoms with Crippen molar-refractivity contribution >= 4 is 11.9 Å². The molecule has 0 saturated carbocycles. The molecule has 0 bridgehead atoms. The van der Waals surface area contributed by atoms with E-state index in [1.54, 1.807) is 7.11 Å². The molecule has 15 heavy (non-hydrogen) atoms. The number of methoxy groups -OCH3 is 1. The Labute approximate surface area is 89.8 Å². The highest BCUT2D eigenvalue weighted by molar-refractivity contribution is 5.76. The molecule has 2 N–H and O–H groups in total. The van der Waals surface area contributed by atoms with Crippen molar-refractivity contribution in [3.8, 4) is 0 Å². The van der Waals surface area contributed by atoms with Crippen molar-refractivity contribution in [2.24, 2.45) is 0 Å². The lowest BCUT2D eigenvalue weighted by Crippen LogP contribution is -2.35. The average molecular weight is 217 g/mol. The van der Waals surface area contributed by atoms with Gasteiger partial charge in [-0.05, 0) is 19.8 Å². The molecule has 0 aliphatic heterocycles. The lowest BCUT2D eigenvalue weighted by atomic mass is 10.2. The standard InChI is InChI=1S/C10H19NO4/c1-8(7-15-2)11-9(12)5-3-4-6-10(13)14/h8H,3-7H2,1-2H3,(H,11,12)(H,13,14)/t8-/m1/s1. The predicted molar refractivity (Wildman–Crippen MR) is 55.6 cm³/mol. The van der Waals surface area contributed by atoms with Gasteiger partial charge in [-0.25, -0.2) is 0 Å². The van der Waals surface area contributed by atoms with Gasteiger partial charge in [-0.2, -0.15) is 0 Å². The summed E-state index contributed by atoms with van der Waals surface area (Å²) in [6.07, 6.45) is 1.65. The van der Waals surface area contributed by atoms with Crippen molar-refractivity contribution in [1.29, 1.82) is 0 Å². The minimum atomic E-state index is -0.817. The normalized spacial score (nSPS) is 12.1. The highest BCUT2D eigenvalue weighted by Gasteiger charge is 2.06. The Morgan fingerprint density at radius 3 is 2.47 bits per heavy atom. The molecular formula is C10H19NO4. The Morgan fingerprint density at radius 2 is 1.93 bits per heavy atom. The van der Waals surface area contributed by atoms with Crippen LogP contribution in [0.3, 0.4) is 0 Å². The van der Waals surface area contributed by atoms with E-state index in [0.717, 1.165) is 0 Å². The predicted octanol–water partition coefficient (Wildman–Crippen LogP) is 0.782. The van der Waals surface area contributed by atoms with E-state index in [1.807, 2.05) is 6.92 Å². The number of carboxylic acids is 1. The zero-order valence-electron chi connectivity index (χ0n) is 9.28. The lowest BCUT2D eigenvalue weighted by Gasteiger charge is -2.12. The third-order valence-electron chi connectivity index (χ3n) is 1.87. The van der Waals surface area contributed by atoms with Gasteiger partial charge in [-0.3, -0.25) is 9.59 Å². The van der Waals surface area contributed by atoms with Crippen molar-refractivity contribution in [2.75, 3.05) is 13.7 Å². The maximum Gasteiger partial charge on any atom is 0.303 e. The summed E-state index contributed by atoms with van der Waals surface area (Å²) in [7, 11) is 1.58. The molecule has 1 amide bonds. The average Bonchev–Trinajstić information content (AvgIpc) is 2.12. The Hall–Kier alpha value is -1.10. The van der Waals surface area contributed by atoms with E-state index in [4.69, 9.17) is 9.84 Å². The van der Waals surface area contributed by atoms with Crippen LogP contribution in [0.1, 0.15) is 32.6 Å². The molecule has 0 radical (unpaired) electrons. The van der Waals surface area contributed by atoms with Crippen molar-refractivity contribution < 1.29 is 19.4 Å². The molecule has 0 aliphatic rings. The molecule has 0 heterocycles. The summed E-state index contributed by atoms with van der Waals surface area (Å²) in [6.45, 7) is 2.35. The van der Waals surface area contributed by atoms with Crippen LogP contribution < -0.4 is 5.32 Å². The van der Waals surface area contributed by atoms with Gasteiger partial charge in [0.2, 0.25) is 5.91 Å². The van der Waals surface area contributed by atoms with Gasteiger partial charge in [0.05, 0.1) is 6.61 Å². The summed E-state index contributed by atoms with van der Waals surface area (Å²) in [5.41, 5.74) is 0. The van der Waals surface area contributed by atoms with Gasteiger partial charge in [-0.15, -0.1) is 0 Å². The van der Waals surface area contributed by atoms with Crippen LogP contribution in [0.4, 0.5) is 0 Å². The molecule has 0 unspecified atom stereocenters. The lowest BCUT2D eigenvalue weighted by molar-refractivity contribution is -0.137. The second kappa shape index (κ2) is 8.23. The van der Waals surface area contributed by atoms with Gasteiger partial charge in [0.15, 0.2) is 0 Å². The molecule has 88 valence electrons. The number of ether oxygens (including phenoxy) is 1. The highest BCUT2D eigenvalue weighted by atomic mass is 16.5. The van der Waals surface area contributed by atoms with Gasteiger partial charge >= 0.3 is 5.97 Å². The number of rotatable bonds is 8. The largest absolute Gasteiger partial charge is 0.481 e. The molecule has 5 heteroatoms. The number of nitrogens with one attached hydrogen (secondary N) is 1. The van der Waals surface area contributed by atoms with E-state index < -0.39 is 5.97 Å². The minimum Gasteiger partial charge on any atom is -0.481 e. The van der Waals surface area contributed by atoms with Crippen molar-refractivity contribution in [3.63, 3.8) is 0 Å². The summed E-state index contributed by atoms with van der Waals surface area (Å²) in [5, 5.41) is 11.1. The third kappa shape index (κ3) is 9.21. The van der Waals surface area contributed by atoms with Gasteiger partial charge in [0, 0.05) is 26.0 Å². The number of aliphatic carboxylic acids is 1. The zero-order valence-corrected chi connectivity index (χ0v) is 9.28. The van der Waals surface area contributed by atoms with Crippen LogP contribution in [0.5, 0.6) is 0 Å². The zero-order chi connectivity index (χ0) is 11.7. The molecule has 0 aromatic heterocycles. The molecule has 0 rings (SSSR count). The molecule has 1 atom stereocenters. The van der Waals surface area contributed by atoms with Crippen LogP contribution in [0.25, 0.3) is 0 Å². The van der Waals surface area contributed by atoms with E-state index >= 15 is 0 Å². The Balaban J connectivity index is 3.44. The van der Waals surface area contributed by atoms with Crippen LogP contribution in [0, 0.1) is 0 Å². The number of hydrogen-bond donors (Lipinski definition) is 2. The van der Waals surface area contributed by atoms with Crippen LogP contribution >= 0.6 is 0 Å². The fourth-order valence-corrected chi connectivity index (χ4v) is 1.20. The number of amides is 1. The van der Waals surface area contributed by atoms with E-state index in [0.29, 0.717) is 25.9 Å². The second-order valence-electron chi connectivity index (χ2n) is 3.52. The van der Waals surface area contributed by atoms with E-state index in [2.05, 4.69) is 5.32 Å². The van der Waals surface area contributed by atoms with Gasteiger partial charge in [0.25, 0.3) is 0 Å². The molecule has 5 nitrogen and oxygen atoms in total. The first-order valence-corrected chi connectivity index (χ1v) is 5.06. The molecule has 0 aromatic carbocycles. The van der Waals surface area contributed by atoms with Crippen molar-refractivity contribution in [3.05, 3.63) is 0 Å². The van der Waals surface area contributed by atoms with E-state index in [9.17, 15) is 9.59 Å². The number of carbonyl (C=O) groups is 2. The number of hydrogen-bond acceptors (Lipinski definition) is 3. The van der Waals surface area contributed by atoms with Crippen molar-refractivity contribution in [2.45, 2.75) is 38.6 Å². The summed E-state index contributed by atoms with van der Waals surface area (Å²) < 4.78 is 4.87. The minimum absolute atomic E-state index is 0.00183. The van der Waals surface area contributed by atoms with Crippen molar-refractivity contribution in [1.82, 2.24) is 5.32 Å². The Bertz CT molecular complexity index is 206.